The number of hydrogen-bond acceptors (Lipinski definition) is 6. The Kier molecular flexibility index (Phi) is 6.22. The van der Waals surface area contributed by atoms with Crippen molar-refractivity contribution in [2.45, 2.75) is 0 Å². The molecule has 0 fully saturated rings. The molecule has 7 nitrogen and oxygen atoms in total. The highest BCUT2D eigenvalue weighted by Crippen LogP contribution is 2.41. The Labute approximate surface area is 193 Å². The Morgan fingerprint density at radius 2 is 1.39 bits per heavy atom. The van der Waals surface area contributed by atoms with E-state index in [1.165, 1.54) is 0 Å². The Morgan fingerprint density at radius 1 is 0.758 bits per heavy atom. The Hall–Kier alpha value is -4.00. The first kappa shape index (κ1) is 22.2. The molecule has 1 heterocycles. The van der Waals surface area contributed by atoms with Crippen molar-refractivity contribution < 1.29 is 23.7 Å². The molecule has 1 aliphatic heterocycles. The number of carbonyl (C=O) groups excluding carboxylic acids is 1. The molecule has 3 aromatic carbocycles. The molecule has 0 radical (unpaired) electrons. The lowest BCUT2D eigenvalue weighted by atomic mass is 9.94. The standard InChI is InChI=1S/C26H26N2O5/c1-28-19-11-9-16(25-21(31-3)7-6-8-22(25)32-4)13-18(19)26(27-15-24(28)29)17-10-12-20(30-2)23(14-17)33-5/h6-14H,15H2,1-5H3. The predicted octanol–water partition coefficient (Wildman–Crippen LogP) is 4.20. The predicted molar refractivity (Wildman–Crippen MR) is 128 cm³/mol. The van der Waals surface area contributed by atoms with Gasteiger partial charge < -0.3 is 23.8 Å². The van der Waals surface area contributed by atoms with Gasteiger partial charge >= 0.3 is 0 Å². The van der Waals surface area contributed by atoms with Crippen LogP contribution in [0.5, 0.6) is 23.0 Å². The first-order valence-electron chi connectivity index (χ1n) is 10.4. The fraction of sp³-hybridized carbons (Fsp3) is 0.231. The van der Waals surface area contributed by atoms with Crippen molar-refractivity contribution in [3.63, 3.8) is 0 Å². The van der Waals surface area contributed by atoms with E-state index >= 15 is 0 Å². The highest BCUT2D eigenvalue weighted by Gasteiger charge is 2.25. The normalized spacial score (nSPS) is 13.1. The summed E-state index contributed by atoms with van der Waals surface area (Å²) < 4.78 is 22.1. The number of hydrogen-bond donors (Lipinski definition) is 0. The maximum absolute atomic E-state index is 12.7. The van der Waals surface area contributed by atoms with Gasteiger partial charge in [-0.3, -0.25) is 9.79 Å². The molecule has 0 atom stereocenters. The molecule has 1 amide bonds. The van der Waals surface area contributed by atoms with Crippen molar-refractivity contribution in [2.75, 3.05) is 46.9 Å². The zero-order valence-corrected chi connectivity index (χ0v) is 19.3. The summed E-state index contributed by atoms with van der Waals surface area (Å²) in [5, 5.41) is 0. The fourth-order valence-electron chi connectivity index (χ4n) is 4.01. The number of amides is 1. The molecule has 170 valence electrons. The average molecular weight is 447 g/mol. The zero-order valence-electron chi connectivity index (χ0n) is 19.3. The Balaban J connectivity index is 1.95. The summed E-state index contributed by atoms with van der Waals surface area (Å²) in [7, 11) is 8.21. The fourth-order valence-corrected chi connectivity index (χ4v) is 4.01. The molecule has 0 N–H and O–H groups in total. The first-order valence-corrected chi connectivity index (χ1v) is 10.4. The minimum absolute atomic E-state index is 0.0438. The van der Waals surface area contributed by atoms with Crippen molar-refractivity contribution in [1.29, 1.82) is 0 Å². The van der Waals surface area contributed by atoms with Crippen LogP contribution in [0, 0.1) is 0 Å². The van der Waals surface area contributed by atoms with Crippen LogP contribution in [0.25, 0.3) is 11.1 Å². The molecule has 0 spiro atoms. The number of rotatable bonds is 6. The van der Waals surface area contributed by atoms with E-state index in [1.54, 1.807) is 40.4 Å². The number of likely N-dealkylation sites (N-methyl/N-ethyl adjacent to an activating group) is 1. The van der Waals surface area contributed by atoms with Gasteiger partial charge in [0.2, 0.25) is 5.91 Å². The molecule has 7 heteroatoms. The first-order chi connectivity index (χ1) is 16.0. The van der Waals surface area contributed by atoms with E-state index < -0.39 is 0 Å². The molecule has 1 aliphatic rings. The summed E-state index contributed by atoms with van der Waals surface area (Å²) >= 11 is 0. The SMILES string of the molecule is COc1ccc(C2=NCC(=O)N(C)c3ccc(-c4c(OC)cccc4OC)cc32)cc1OC. The third kappa shape index (κ3) is 3.98. The third-order valence-electron chi connectivity index (χ3n) is 5.73. The Morgan fingerprint density at radius 3 is 2.03 bits per heavy atom. The number of aliphatic imine (C=N–C) groups is 1. The van der Waals surface area contributed by atoms with Gasteiger partial charge in [-0.15, -0.1) is 0 Å². The Bertz CT molecular complexity index is 1210. The van der Waals surface area contributed by atoms with Gasteiger partial charge in [0.25, 0.3) is 0 Å². The van der Waals surface area contributed by atoms with E-state index in [0.717, 1.165) is 27.9 Å². The lowest BCUT2D eigenvalue weighted by Gasteiger charge is -2.20. The van der Waals surface area contributed by atoms with Gasteiger partial charge in [0.15, 0.2) is 11.5 Å². The second-order valence-corrected chi connectivity index (χ2v) is 7.46. The van der Waals surface area contributed by atoms with Crippen molar-refractivity contribution in [1.82, 2.24) is 0 Å². The summed E-state index contributed by atoms with van der Waals surface area (Å²) in [6.07, 6.45) is 0. The molecule has 33 heavy (non-hydrogen) atoms. The van der Waals surface area contributed by atoms with Gasteiger partial charge in [-0.25, -0.2) is 0 Å². The minimum Gasteiger partial charge on any atom is -0.496 e. The third-order valence-corrected chi connectivity index (χ3v) is 5.73. The van der Waals surface area contributed by atoms with Crippen LogP contribution in [-0.2, 0) is 4.79 Å². The molecule has 0 saturated carbocycles. The summed E-state index contributed by atoms with van der Waals surface area (Å²) in [6, 6.07) is 17.2. The summed E-state index contributed by atoms with van der Waals surface area (Å²) in [5.41, 5.74) is 4.82. The van der Waals surface area contributed by atoms with Crippen LogP contribution in [0.3, 0.4) is 0 Å². The molecule has 4 rings (SSSR count). The number of ether oxygens (including phenoxy) is 4. The molecule has 0 unspecified atom stereocenters. The molecule has 3 aromatic rings. The van der Waals surface area contributed by atoms with Crippen LogP contribution in [0.4, 0.5) is 5.69 Å². The topological polar surface area (TPSA) is 69.6 Å². The van der Waals surface area contributed by atoms with Crippen LogP contribution in [0.15, 0.2) is 59.6 Å². The molecule has 0 saturated heterocycles. The van der Waals surface area contributed by atoms with Crippen molar-refractivity contribution >= 4 is 17.3 Å². The van der Waals surface area contributed by atoms with Gasteiger partial charge in [0, 0.05) is 18.2 Å². The van der Waals surface area contributed by atoms with Crippen LogP contribution in [0.2, 0.25) is 0 Å². The summed E-state index contributed by atoms with van der Waals surface area (Å²) in [5.74, 6) is 2.50. The monoisotopic (exact) mass is 446 g/mol. The van der Waals surface area contributed by atoms with E-state index in [2.05, 4.69) is 4.99 Å². The lowest BCUT2D eigenvalue weighted by molar-refractivity contribution is -0.116. The van der Waals surface area contributed by atoms with E-state index in [0.29, 0.717) is 28.7 Å². The van der Waals surface area contributed by atoms with Gasteiger partial charge in [-0.2, -0.15) is 0 Å². The van der Waals surface area contributed by atoms with E-state index in [9.17, 15) is 4.79 Å². The number of carbonyl (C=O) groups is 1. The van der Waals surface area contributed by atoms with Gasteiger partial charge in [0.05, 0.1) is 45.4 Å². The second-order valence-electron chi connectivity index (χ2n) is 7.46. The molecule has 0 bridgehead atoms. The van der Waals surface area contributed by atoms with E-state index in [-0.39, 0.29) is 12.5 Å². The number of fused-ring (bicyclic) bond motifs is 1. The minimum atomic E-state index is -0.0886. The van der Waals surface area contributed by atoms with Crippen LogP contribution in [0.1, 0.15) is 11.1 Å². The van der Waals surface area contributed by atoms with Crippen molar-refractivity contribution in [3.8, 4) is 34.1 Å². The maximum Gasteiger partial charge on any atom is 0.248 e. The number of anilines is 1. The van der Waals surface area contributed by atoms with Crippen LogP contribution in [-0.4, -0.2) is 53.7 Å². The van der Waals surface area contributed by atoms with Crippen molar-refractivity contribution in [2.24, 2.45) is 4.99 Å². The smallest absolute Gasteiger partial charge is 0.248 e. The van der Waals surface area contributed by atoms with Crippen LogP contribution >= 0.6 is 0 Å². The average Bonchev–Trinajstić information content (AvgIpc) is 2.98. The van der Waals surface area contributed by atoms with E-state index in [4.69, 9.17) is 18.9 Å². The number of methoxy groups -OCH3 is 4. The molecular weight excluding hydrogens is 420 g/mol. The highest BCUT2D eigenvalue weighted by atomic mass is 16.5. The largest absolute Gasteiger partial charge is 0.496 e. The molecular formula is C26H26N2O5. The van der Waals surface area contributed by atoms with Gasteiger partial charge in [0.1, 0.15) is 18.0 Å². The van der Waals surface area contributed by atoms with Gasteiger partial charge in [-0.1, -0.05) is 12.1 Å². The zero-order chi connectivity index (χ0) is 23.5. The van der Waals surface area contributed by atoms with E-state index in [1.807, 2.05) is 54.6 Å². The molecule has 0 aromatic heterocycles. The number of nitrogens with zero attached hydrogens (tertiary/aromatic N) is 2. The molecule has 0 aliphatic carbocycles. The van der Waals surface area contributed by atoms with Gasteiger partial charge in [-0.05, 0) is 48.0 Å². The summed E-state index contributed by atoms with van der Waals surface area (Å²) in [6.45, 7) is 0.0438. The van der Waals surface area contributed by atoms with Crippen LogP contribution < -0.4 is 23.8 Å². The maximum atomic E-state index is 12.7. The summed E-state index contributed by atoms with van der Waals surface area (Å²) in [4.78, 5) is 19.0. The lowest BCUT2D eigenvalue weighted by Crippen LogP contribution is -2.27. The number of benzene rings is 3. The van der Waals surface area contributed by atoms with Crippen molar-refractivity contribution in [3.05, 3.63) is 65.7 Å². The number of benzodiazepines with no additional fused rings is 1. The highest BCUT2D eigenvalue weighted by molar-refractivity contribution is 6.20. The second kappa shape index (κ2) is 9.24. The quantitative estimate of drug-likeness (QED) is 0.568.